The van der Waals surface area contributed by atoms with Crippen LogP contribution in [0, 0.1) is 0 Å². The summed E-state index contributed by atoms with van der Waals surface area (Å²) < 4.78 is 0. The molecule has 0 aliphatic heterocycles. The van der Waals surface area contributed by atoms with Crippen molar-refractivity contribution in [2.75, 3.05) is 0 Å². The highest BCUT2D eigenvalue weighted by Gasteiger charge is 2.32. The molecule has 1 amide bonds. The molecule has 1 saturated carbocycles. The van der Waals surface area contributed by atoms with E-state index in [1.807, 2.05) is 35.2 Å². The lowest BCUT2D eigenvalue weighted by atomic mass is 10.1. The van der Waals surface area contributed by atoms with Crippen molar-refractivity contribution in [1.29, 1.82) is 0 Å². The monoisotopic (exact) mass is 309 g/mol. The van der Waals surface area contributed by atoms with Gasteiger partial charge in [-0.15, -0.1) is 0 Å². The predicted molar refractivity (Wildman–Crippen MR) is 87.1 cm³/mol. The predicted octanol–water partition coefficient (Wildman–Crippen LogP) is 3.12. The van der Waals surface area contributed by atoms with Gasteiger partial charge in [0.15, 0.2) is 0 Å². The maximum atomic E-state index is 12.7. The molecule has 2 aromatic carbocycles. The molecule has 0 aromatic heterocycles. The van der Waals surface area contributed by atoms with Crippen molar-refractivity contribution < 1.29 is 14.7 Å². The maximum absolute atomic E-state index is 12.7. The summed E-state index contributed by atoms with van der Waals surface area (Å²) in [6.07, 6.45) is 2.34. The molecule has 1 N–H and O–H groups in total. The largest absolute Gasteiger partial charge is 0.478 e. The van der Waals surface area contributed by atoms with Gasteiger partial charge in [0, 0.05) is 12.6 Å². The minimum absolute atomic E-state index is 0.0545. The molecule has 1 aliphatic carbocycles. The van der Waals surface area contributed by atoms with E-state index in [2.05, 4.69) is 0 Å². The average Bonchev–Trinajstić information content (AvgIpc) is 3.38. The molecule has 0 bridgehead atoms. The normalized spacial score (nSPS) is 13.6. The summed E-state index contributed by atoms with van der Waals surface area (Å²) in [5.74, 6) is -0.915. The Bertz CT molecular complexity index is 708. The fourth-order valence-electron chi connectivity index (χ4n) is 2.68. The summed E-state index contributed by atoms with van der Waals surface area (Å²) >= 11 is 0. The molecule has 118 valence electrons. The lowest BCUT2D eigenvalue weighted by Crippen LogP contribution is -2.33. The van der Waals surface area contributed by atoms with Crippen molar-refractivity contribution in [1.82, 2.24) is 4.90 Å². The number of aromatic carboxylic acids is 1. The summed E-state index contributed by atoms with van der Waals surface area (Å²) in [4.78, 5) is 25.6. The van der Waals surface area contributed by atoms with E-state index in [1.165, 1.54) is 0 Å². The topological polar surface area (TPSA) is 57.6 Å². The number of benzene rings is 2. The molecule has 0 radical (unpaired) electrons. The fourth-order valence-corrected chi connectivity index (χ4v) is 2.68. The number of carbonyl (C=O) groups excluding carboxylic acids is 1. The van der Waals surface area contributed by atoms with E-state index in [0.717, 1.165) is 24.0 Å². The quantitative estimate of drug-likeness (QED) is 0.892. The Hall–Kier alpha value is -2.62. The highest BCUT2D eigenvalue weighted by molar-refractivity contribution is 5.88. The van der Waals surface area contributed by atoms with Crippen LogP contribution in [0.25, 0.3) is 0 Å². The van der Waals surface area contributed by atoms with Crippen LogP contribution in [-0.2, 0) is 17.8 Å². The van der Waals surface area contributed by atoms with Gasteiger partial charge in [-0.3, -0.25) is 4.79 Å². The third-order valence-corrected chi connectivity index (χ3v) is 4.03. The number of hydrogen-bond donors (Lipinski definition) is 1. The first-order valence-electron chi connectivity index (χ1n) is 7.79. The number of carbonyl (C=O) groups is 2. The van der Waals surface area contributed by atoms with Gasteiger partial charge >= 0.3 is 5.97 Å². The smallest absolute Gasteiger partial charge is 0.335 e. The van der Waals surface area contributed by atoms with E-state index in [-0.39, 0.29) is 17.9 Å². The van der Waals surface area contributed by atoms with Crippen LogP contribution < -0.4 is 0 Å². The number of amides is 1. The zero-order valence-corrected chi connectivity index (χ0v) is 12.8. The van der Waals surface area contributed by atoms with E-state index >= 15 is 0 Å². The molecular weight excluding hydrogens is 290 g/mol. The molecule has 4 heteroatoms. The van der Waals surface area contributed by atoms with Crippen molar-refractivity contribution in [2.24, 2.45) is 0 Å². The van der Waals surface area contributed by atoms with Crippen LogP contribution in [0.4, 0.5) is 0 Å². The van der Waals surface area contributed by atoms with Gasteiger partial charge in [-0.05, 0) is 36.1 Å². The molecule has 0 saturated heterocycles. The number of carboxylic acids is 1. The van der Waals surface area contributed by atoms with E-state index in [4.69, 9.17) is 5.11 Å². The average molecular weight is 309 g/mol. The first kappa shape index (κ1) is 15.3. The zero-order chi connectivity index (χ0) is 16.2. The van der Waals surface area contributed by atoms with Crippen molar-refractivity contribution in [3.8, 4) is 0 Å². The van der Waals surface area contributed by atoms with Crippen molar-refractivity contribution in [2.45, 2.75) is 31.8 Å². The molecule has 0 spiro atoms. The van der Waals surface area contributed by atoms with E-state index in [9.17, 15) is 9.59 Å². The lowest BCUT2D eigenvalue weighted by Gasteiger charge is -2.23. The molecule has 2 aromatic rings. The Morgan fingerprint density at radius 1 is 1.00 bits per heavy atom. The van der Waals surface area contributed by atoms with Crippen molar-refractivity contribution in [3.05, 3.63) is 71.3 Å². The van der Waals surface area contributed by atoms with Gasteiger partial charge in [0.25, 0.3) is 0 Å². The minimum Gasteiger partial charge on any atom is -0.478 e. The van der Waals surface area contributed by atoms with E-state index in [0.29, 0.717) is 12.6 Å². The van der Waals surface area contributed by atoms with E-state index < -0.39 is 5.97 Å². The summed E-state index contributed by atoms with van der Waals surface area (Å²) in [5, 5.41) is 9.05. The number of nitrogens with zero attached hydrogens (tertiary/aromatic N) is 1. The van der Waals surface area contributed by atoms with Gasteiger partial charge in [0.2, 0.25) is 5.91 Å². The zero-order valence-electron chi connectivity index (χ0n) is 12.8. The molecule has 0 unspecified atom stereocenters. The molecule has 23 heavy (non-hydrogen) atoms. The third-order valence-electron chi connectivity index (χ3n) is 4.03. The molecule has 0 heterocycles. The molecule has 4 nitrogen and oxygen atoms in total. The SMILES string of the molecule is O=C(O)c1cccc(CC(=O)N(Cc2ccccc2)C2CC2)c1. The van der Waals surface area contributed by atoms with Crippen LogP contribution >= 0.6 is 0 Å². The maximum Gasteiger partial charge on any atom is 0.335 e. The van der Waals surface area contributed by atoms with Crippen molar-refractivity contribution >= 4 is 11.9 Å². The molecular formula is C19H19NO3. The fraction of sp³-hybridized carbons (Fsp3) is 0.263. The van der Waals surface area contributed by atoms with E-state index in [1.54, 1.807) is 24.3 Å². The summed E-state index contributed by atoms with van der Waals surface area (Å²) in [7, 11) is 0. The van der Waals surface area contributed by atoms with Gasteiger partial charge in [-0.25, -0.2) is 4.79 Å². The molecule has 1 fully saturated rings. The molecule has 3 rings (SSSR count). The Morgan fingerprint density at radius 3 is 2.35 bits per heavy atom. The van der Waals surface area contributed by atoms with Crippen LogP contribution in [0.2, 0.25) is 0 Å². The highest BCUT2D eigenvalue weighted by Crippen LogP contribution is 2.29. The van der Waals surface area contributed by atoms with Gasteiger partial charge in [0.05, 0.1) is 12.0 Å². The molecule has 0 atom stereocenters. The van der Waals surface area contributed by atoms with Gasteiger partial charge in [0.1, 0.15) is 0 Å². The highest BCUT2D eigenvalue weighted by atomic mass is 16.4. The second-order valence-corrected chi connectivity index (χ2v) is 5.92. The number of hydrogen-bond acceptors (Lipinski definition) is 2. The van der Waals surface area contributed by atoms with Gasteiger partial charge in [-0.2, -0.15) is 0 Å². The second-order valence-electron chi connectivity index (χ2n) is 5.92. The first-order valence-corrected chi connectivity index (χ1v) is 7.79. The summed E-state index contributed by atoms with van der Waals surface area (Å²) in [6, 6.07) is 16.9. The Morgan fingerprint density at radius 2 is 1.70 bits per heavy atom. The molecule has 1 aliphatic rings. The van der Waals surface area contributed by atoms with Crippen LogP contribution in [0.5, 0.6) is 0 Å². The number of carboxylic acid groups (broad SMARTS) is 1. The van der Waals surface area contributed by atoms with Crippen LogP contribution in [0.1, 0.15) is 34.3 Å². The van der Waals surface area contributed by atoms with Crippen LogP contribution in [-0.4, -0.2) is 27.9 Å². The standard InChI is InChI=1S/C19H19NO3/c21-18(12-15-7-4-8-16(11-15)19(22)23)20(17-9-10-17)13-14-5-2-1-3-6-14/h1-8,11,17H,9-10,12-13H2,(H,22,23). The first-order chi connectivity index (χ1) is 11.1. The summed E-state index contributed by atoms with van der Waals surface area (Å²) in [5.41, 5.74) is 2.08. The van der Waals surface area contributed by atoms with Crippen LogP contribution in [0.15, 0.2) is 54.6 Å². The summed E-state index contributed by atoms with van der Waals surface area (Å²) in [6.45, 7) is 0.614. The van der Waals surface area contributed by atoms with Gasteiger partial charge < -0.3 is 10.0 Å². The van der Waals surface area contributed by atoms with Crippen molar-refractivity contribution in [3.63, 3.8) is 0 Å². The Kier molecular flexibility index (Phi) is 4.42. The van der Waals surface area contributed by atoms with Crippen LogP contribution in [0.3, 0.4) is 0 Å². The Balaban J connectivity index is 1.72. The van der Waals surface area contributed by atoms with Gasteiger partial charge in [-0.1, -0.05) is 42.5 Å². The minimum atomic E-state index is -0.970. The Labute approximate surface area is 135 Å². The second kappa shape index (κ2) is 6.65. The third kappa shape index (κ3) is 3.97. The lowest BCUT2D eigenvalue weighted by molar-refractivity contribution is -0.131. The number of rotatable bonds is 6.